The van der Waals surface area contributed by atoms with Crippen LogP contribution in [-0.2, 0) is 73.7 Å². The van der Waals surface area contributed by atoms with E-state index in [1.807, 2.05) is 60.7 Å². The van der Waals surface area contributed by atoms with Crippen LogP contribution in [0.2, 0.25) is 0 Å². The number of phenolic OH excluding ortho intramolecular Hbond substituents is 5. The number of hydrogen-bond donors (Lipinski definition) is 5. The molecule has 10 aromatic rings. The fourth-order valence-corrected chi connectivity index (χ4v) is 20.8. The zero-order valence-electron chi connectivity index (χ0n) is 85.0. The first kappa shape index (κ1) is 101. The summed E-state index contributed by atoms with van der Waals surface area (Å²) in [4.78, 5) is 0. The first-order chi connectivity index (χ1) is 67.3. The predicted octanol–water partition coefficient (Wildman–Crippen LogP) is 24.9. The zero-order valence-corrected chi connectivity index (χ0v) is 85.0. The van der Waals surface area contributed by atoms with Crippen molar-refractivity contribution >= 4 is 0 Å². The topological polar surface area (TPSA) is 258 Å². The van der Waals surface area contributed by atoms with E-state index in [0.29, 0.717) is 82.6 Å². The molecule has 10 aliphatic rings. The summed E-state index contributed by atoms with van der Waals surface area (Å²) in [7, 11) is 4.80. The van der Waals surface area contributed by atoms with Crippen LogP contribution in [0.25, 0.3) is 0 Å². The quantitative estimate of drug-likeness (QED) is 0.0278. The molecule has 0 bridgehead atoms. The molecule has 0 saturated heterocycles. The standard InChI is InChI=1S/2C25H32O4.C23H28O5.C23H28O4.C22H26O5/c1-16(2)10-12-27-19-6-7-20(22(26)14-19)18-13-17-5-8-23-21(24(17)28-15-18)9-11-25(3,4)29-23;1-4-5-6-13-27-19-8-9-20(22(26)15-19)18-14-17-7-10-23-21(24(17)28-16-18)11-12-25(2,3)29-23;1-23(2)9-8-19-21(28-23)7-4-15-12-16(14-27-22(15)19)18-6-5-17(13-20(18)24)26-11-10-25-3;1-4-23(5-2)11-10-19-21(27-23)9-6-15-12-16(14-26-22(15)19)18-8-7-17(25-3)13-20(18)24;1-22(2)9-8-18-20(27-22)7-4-14-10-15(12-25-21(14)18)17-6-5-16(11-19(17)23)26-13-24-3/h5-8,14,16,18,26H,9-13,15H2,1-4H3;7-10,15,18,26H,4-6,11-14,16H2,1-3H3;4-7,13,16,24H,8-12,14H2,1-3H3;6-9,13,16,24H,4-5,10-12,14H2,1-3H3;4-7,11,15,23H,8-10,12-13H2,1-3H3. The molecule has 0 spiro atoms. The van der Waals surface area contributed by atoms with Crippen molar-refractivity contribution in [1.29, 1.82) is 0 Å². The zero-order chi connectivity index (χ0) is 98.8. The Morgan fingerprint density at radius 2 is 0.600 bits per heavy atom. The van der Waals surface area contributed by atoms with Gasteiger partial charge in [0, 0.05) is 130 Å². The highest BCUT2D eigenvalue weighted by molar-refractivity contribution is 5.60. The molecule has 0 fully saturated rings. The summed E-state index contributed by atoms with van der Waals surface area (Å²) in [6.45, 7) is 33.2. The molecule has 0 aromatic heterocycles. The Bertz CT molecular complexity index is 5960. The molecular formula is C118H146O22. The summed E-state index contributed by atoms with van der Waals surface area (Å²) in [5.41, 5.74) is 15.9. The number of unbranched alkanes of at least 4 members (excludes halogenated alkanes) is 2. The lowest BCUT2D eigenvalue weighted by Gasteiger charge is -2.39. The van der Waals surface area contributed by atoms with Crippen LogP contribution in [0.1, 0.15) is 274 Å². The Labute approximate surface area is 827 Å². The Balaban J connectivity index is 0.000000126. The summed E-state index contributed by atoms with van der Waals surface area (Å²) in [5, 5.41) is 52.5. The second-order valence-electron chi connectivity index (χ2n) is 41.9. The molecule has 5 atom stereocenters. The number of methoxy groups -OCH3 is 3. The van der Waals surface area contributed by atoms with Gasteiger partial charge in [-0.15, -0.1) is 0 Å². The van der Waals surface area contributed by atoms with E-state index in [4.69, 9.17) is 80.5 Å². The Morgan fingerprint density at radius 1 is 0.314 bits per heavy atom. The maximum Gasteiger partial charge on any atom is 0.188 e. The molecule has 10 heterocycles. The third-order valence-electron chi connectivity index (χ3n) is 29.2. The molecule has 0 aliphatic carbocycles. The minimum atomic E-state index is -0.128. The molecule has 20 rings (SSSR count). The van der Waals surface area contributed by atoms with Crippen LogP contribution in [0.5, 0.6) is 115 Å². The highest BCUT2D eigenvalue weighted by Crippen LogP contribution is 2.53. The molecule has 0 radical (unpaired) electrons. The van der Waals surface area contributed by atoms with Gasteiger partial charge < -0.3 is 106 Å². The minimum Gasteiger partial charge on any atom is -0.508 e. The summed E-state index contributed by atoms with van der Waals surface area (Å²) in [5.74, 6) is 15.5. The number of benzene rings is 10. The van der Waals surface area contributed by atoms with Crippen LogP contribution >= 0.6 is 0 Å². The lowest BCUT2D eigenvalue weighted by atomic mass is 9.83. The second-order valence-corrected chi connectivity index (χ2v) is 41.9. The van der Waals surface area contributed by atoms with Crippen LogP contribution in [0, 0.1) is 5.92 Å². The lowest BCUT2D eigenvalue weighted by molar-refractivity contribution is 0.0370. The van der Waals surface area contributed by atoms with Gasteiger partial charge in [-0.3, -0.25) is 0 Å². The number of ether oxygens (including phenoxy) is 17. The summed E-state index contributed by atoms with van der Waals surface area (Å²) < 4.78 is 99.5. The van der Waals surface area contributed by atoms with Crippen molar-refractivity contribution in [2.75, 3.05) is 87.6 Å². The molecule has 750 valence electrons. The van der Waals surface area contributed by atoms with E-state index in [1.54, 1.807) is 51.7 Å². The molecule has 22 heteroatoms. The Hall–Kier alpha value is -11.9. The van der Waals surface area contributed by atoms with Crippen molar-refractivity contribution in [3.8, 4) is 115 Å². The largest absolute Gasteiger partial charge is 0.508 e. The van der Waals surface area contributed by atoms with Crippen molar-refractivity contribution in [1.82, 2.24) is 0 Å². The Morgan fingerprint density at radius 3 is 0.886 bits per heavy atom. The van der Waals surface area contributed by atoms with Gasteiger partial charge in [0.05, 0.1) is 60.0 Å². The summed E-state index contributed by atoms with van der Waals surface area (Å²) in [6, 6.07) is 48.6. The first-order valence-corrected chi connectivity index (χ1v) is 50.8. The van der Waals surface area contributed by atoms with E-state index in [1.165, 1.54) is 62.1 Å². The molecule has 22 nitrogen and oxygen atoms in total. The van der Waals surface area contributed by atoms with Crippen molar-refractivity contribution in [2.45, 2.75) is 282 Å². The van der Waals surface area contributed by atoms with Gasteiger partial charge in [-0.25, -0.2) is 0 Å². The number of fused-ring (bicyclic) bond motifs is 15. The highest BCUT2D eigenvalue weighted by Gasteiger charge is 2.41. The van der Waals surface area contributed by atoms with Crippen molar-refractivity contribution in [3.63, 3.8) is 0 Å². The van der Waals surface area contributed by atoms with Crippen molar-refractivity contribution in [3.05, 3.63) is 235 Å². The molecule has 5 N–H and O–H groups in total. The molecule has 10 aliphatic heterocycles. The Kier molecular flexibility index (Phi) is 31.8. The normalized spacial score (nSPS) is 19.8. The fraction of sp³-hybridized carbons (Fsp3) is 0.492. The monoisotopic (exact) mass is 1920 g/mol. The average molecular weight is 1920 g/mol. The maximum atomic E-state index is 10.6. The molecule has 0 saturated carbocycles. The van der Waals surface area contributed by atoms with E-state index < -0.39 is 0 Å². The SMILES string of the molecule is CC(C)CCOc1ccc(C2COc3c(ccc4c3CCC(C)(C)O4)C2)c(O)c1.CCC1(CC)CCc2c(ccc3c2OCC(c2ccc(OC)cc2O)C3)O1.CCCCCOc1ccc(C2COc3c(ccc4c3CCC(C)(C)O4)C2)c(O)c1.COCCOc1ccc(C2COc3c(ccc4c3CCC(C)(C)O4)C2)c(O)c1.COCOc1ccc(C2COc3c(ccc4c3CCC(C)(C)O4)C2)c(O)c1. The average Bonchev–Trinajstić information content (AvgIpc) is 0.834. The number of hydrogen-bond acceptors (Lipinski definition) is 22. The second kappa shape index (κ2) is 44.1. The third kappa shape index (κ3) is 24.0. The van der Waals surface area contributed by atoms with Gasteiger partial charge in [-0.2, -0.15) is 0 Å². The van der Waals surface area contributed by atoms with E-state index in [0.717, 1.165) is 225 Å². The molecule has 5 unspecified atom stereocenters. The summed E-state index contributed by atoms with van der Waals surface area (Å²) in [6.07, 6.45) is 20.5. The summed E-state index contributed by atoms with van der Waals surface area (Å²) >= 11 is 0. The minimum absolute atomic E-state index is 0.0344. The predicted molar refractivity (Wildman–Crippen MR) is 543 cm³/mol. The van der Waals surface area contributed by atoms with E-state index >= 15 is 0 Å². The third-order valence-corrected chi connectivity index (χ3v) is 29.2. The van der Waals surface area contributed by atoms with Crippen molar-refractivity contribution in [2.24, 2.45) is 5.92 Å². The van der Waals surface area contributed by atoms with Gasteiger partial charge in [-0.1, -0.05) is 108 Å². The van der Waals surface area contributed by atoms with E-state index in [2.05, 4.69) is 151 Å². The van der Waals surface area contributed by atoms with Crippen LogP contribution in [0.3, 0.4) is 0 Å². The molecule has 0 amide bonds. The number of aromatic hydroxyl groups is 5. The van der Waals surface area contributed by atoms with Crippen LogP contribution < -0.4 is 71.1 Å². The van der Waals surface area contributed by atoms with Gasteiger partial charge >= 0.3 is 0 Å². The molecular weight excluding hydrogens is 1770 g/mol. The molecule has 140 heavy (non-hydrogen) atoms. The number of phenols is 5. The van der Waals surface area contributed by atoms with Gasteiger partial charge in [-0.05, 0) is 272 Å². The van der Waals surface area contributed by atoms with E-state index in [9.17, 15) is 25.5 Å². The fourth-order valence-electron chi connectivity index (χ4n) is 20.8. The van der Waals surface area contributed by atoms with Crippen LogP contribution in [0.15, 0.2) is 152 Å². The van der Waals surface area contributed by atoms with Gasteiger partial charge in [0.2, 0.25) is 0 Å². The molecule has 10 aromatic carbocycles. The highest BCUT2D eigenvalue weighted by atomic mass is 16.7. The van der Waals surface area contributed by atoms with Gasteiger partial charge in [0.25, 0.3) is 0 Å². The number of rotatable bonds is 24. The van der Waals surface area contributed by atoms with Gasteiger partial charge in [0.1, 0.15) is 150 Å². The van der Waals surface area contributed by atoms with Crippen LogP contribution in [0.4, 0.5) is 0 Å². The first-order valence-electron chi connectivity index (χ1n) is 50.8. The van der Waals surface area contributed by atoms with E-state index in [-0.39, 0.29) is 93.1 Å². The van der Waals surface area contributed by atoms with Crippen LogP contribution in [-0.4, -0.2) is 141 Å². The van der Waals surface area contributed by atoms with Gasteiger partial charge in [0.15, 0.2) is 6.79 Å². The maximum absolute atomic E-state index is 10.6. The lowest BCUT2D eigenvalue weighted by Crippen LogP contribution is -2.38. The smallest absolute Gasteiger partial charge is 0.188 e. The van der Waals surface area contributed by atoms with Crippen molar-refractivity contribution < 1.29 is 106 Å².